The molecule has 3 N–H and O–H groups in total. The van der Waals surface area contributed by atoms with Crippen molar-refractivity contribution in [1.29, 1.82) is 0 Å². The molecule has 0 heterocycles. The van der Waals surface area contributed by atoms with E-state index >= 15 is 0 Å². The van der Waals surface area contributed by atoms with Crippen LogP contribution < -0.4 is 15.8 Å². The molecule has 4 nitrogen and oxygen atoms in total. The highest BCUT2D eigenvalue weighted by atomic mass is 35.5. The molecule has 0 spiro atoms. The molecule has 5 heteroatoms. The SMILES string of the molecule is Cc1cccc(OCCNC(=O)[C@@H]2CCC[C@@H]2CN)c1.Cl. The molecule has 1 aliphatic rings. The van der Waals surface area contributed by atoms with E-state index < -0.39 is 0 Å². The van der Waals surface area contributed by atoms with Crippen LogP contribution in [0.3, 0.4) is 0 Å². The molecule has 1 saturated carbocycles. The first-order chi connectivity index (χ1) is 9.70. The Kier molecular flexibility index (Phi) is 7.54. The van der Waals surface area contributed by atoms with Crippen LogP contribution in [0.15, 0.2) is 24.3 Å². The molecule has 0 aliphatic heterocycles. The summed E-state index contributed by atoms with van der Waals surface area (Å²) in [5, 5.41) is 2.95. The summed E-state index contributed by atoms with van der Waals surface area (Å²) in [7, 11) is 0. The summed E-state index contributed by atoms with van der Waals surface area (Å²) in [6.07, 6.45) is 3.15. The van der Waals surface area contributed by atoms with Crippen LogP contribution in [-0.4, -0.2) is 25.6 Å². The number of aryl methyl sites for hydroxylation is 1. The number of halogens is 1. The highest BCUT2D eigenvalue weighted by Crippen LogP contribution is 2.30. The molecule has 1 amide bonds. The number of carbonyl (C=O) groups is 1. The van der Waals surface area contributed by atoms with E-state index in [-0.39, 0.29) is 24.2 Å². The van der Waals surface area contributed by atoms with E-state index in [1.54, 1.807) is 0 Å². The minimum Gasteiger partial charge on any atom is -0.492 e. The van der Waals surface area contributed by atoms with E-state index in [4.69, 9.17) is 10.5 Å². The summed E-state index contributed by atoms with van der Waals surface area (Å²) in [4.78, 5) is 12.1. The van der Waals surface area contributed by atoms with Gasteiger partial charge in [-0.25, -0.2) is 0 Å². The van der Waals surface area contributed by atoms with Gasteiger partial charge in [0.2, 0.25) is 5.91 Å². The van der Waals surface area contributed by atoms with E-state index in [1.807, 2.05) is 31.2 Å². The summed E-state index contributed by atoms with van der Waals surface area (Å²) in [6, 6.07) is 7.91. The maximum atomic E-state index is 12.1. The Hall–Kier alpha value is -1.26. The summed E-state index contributed by atoms with van der Waals surface area (Å²) < 4.78 is 5.61. The second kappa shape index (κ2) is 8.90. The minimum atomic E-state index is 0. The number of benzene rings is 1. The fraction of sp³-hybridized carbons (Fsp3) is 0.562. The largest absolute Gasteiger partial charge is 0.492 e. The van der Waals surface area contributed by atoms with Gasteiger partial charge in [0, 0.05) is 5.92 Å². The average molecular weight is 313 g/mol. The number of nitrogens with two attached hydrogens (primary N) is 1. The van der Waals surface area contributed by atoms with E-state index in [1.165, 1.54) is 5.56 Å². The Morgan fingerprint density at radius 1 is 1.43 bits per heavy atom. The van der Waals surface area contributed by atoms with Crippen LogP contribution in [0.1, 0.15) is 24.8 Å². The van der Waals surface area contributed by atoms with Gasteiger partial charge in [-0.15, -0.1) is 12.4 Å². The molecule has 0 radical (unpaired) electrons. The quantitative estimate of drug-likeness (QED) is 0.792. The molecular formula is C16H25ClN2O2. The Balaban J connectivity index is 0.00000220. The lowest BCUT2D eigenvalue weighted by Gasteiger charge is -2.17. The normalized spacial score (nSPS) is 20.7. The third kappa shape index (κ3) is 5.21. The zero-order chi connectivity index (χ0) is 14.4. The first-order valence-corrected chi connectivity index (χ1v) is 7.38. The second-order valence-electron chi connectivity index (χ2n) is 5.49. The standard InChI is InChI=1S/C16H24N2O2.ClH/c1-12-4-2-6-14(10-12)20-9-8-18-16(19)15-7-3-5-13(15)11-17;/h2,4,6,10,13,15H,3,5,7-9,11,17H2,1H3,(H,18,19);1H/t13-,15-;/m1./s1. The van der Waals surface area contributed by atoms with Crippen LogP contribution >= 0.6 is 12.4 Å². The molecule has 2 atom stereocenters. The van der Waals surface area contributed by atoms with Crippen LogP contribution in [0.25, 0.3) is 0 Å². The fourth-order valence-electron chi connectivity index (χ4n) is 2.84. The lowest BCUT2D eigenvalue weighted by atomic mass is 9.95. The zero-order valence-electron chi connectivity index (χ0n) is 12.5. The van der Waals surface area contributed by atoms with Crippen LogP contribution in [0.2, 0.25) is 0 Å². The molecule has 0 saturated heterocycles. The van der Waals surface area contributed by atoms with Crippen molar-refractivity contribution in [3.05, 3.63) is 29.8 Å². The third-order valence-corrected chi connectivity index (χ3v) is 3.96. The van der Waals surface area contributed by atoms with Crippen LogP contribution in [0.5, 0.6) is 5.75 Å². The molecule has 118 valence electrons. The zero-order valence-corrected chi connectivity index (χ0v) is 13.3. The van der Waals surface area contributed by atoms with E-state index in [9.17, 15) is 4.79 Å². The predicted molar refractivity (Wildman–Crippen MR) is 86.8 cm³/mol. The highest BCUT2D eigenvalue weighted by molar-refractivity contribution is 5.85. The van der Waals surface area contributed by atoms with Crippen molar-refractivity contribution in [3.63, 3.8) is 0 Å². The van der Waals surface area contributed by atoms with Gasteiger partial charge in [0.05, 0.1) is 6.54 Å². The molecule has 1 aromatic carbocycles. The Bertz CT molecular complexity index is 454. The number of amides is 1. The van der Waals surface area contributed by atoms with Gasteiger partial charge in [0.15, 0.2) is 0 Å². The second-order valence-corrected chi connectivity index (χ2v) is 5.49. The molecular weight excluding hydrogens is 288 g/mol. The number of hydrogen-bond donors (Lipinski definition) is 2. The molecule has 0 aromatic heterocycles. The van der Waals surface area contributed by atoms with Crippen LogP contribution in [-0.2, 0) is 4.79 Å². The third-order valence-electron chi connectivity index (χ3n) is 3.96. The fourth-order valence-corrected chi connectivity index (χ4v) is 2.84. The molecule has 0 bridgehead atoms. The van der Waals surface area contributed by atoms with Gasteiger partial charge in [0.25, 0.3) is 0 Å². The maximum absolute atomic E-state index is 12.1. The van der Waals surface area contributed by atoms with Crippen molar-refractivity contribution < 1.29 is 9.53 Å². The monoisotopic (exact) mass is 312 g/mol. The van der Waals surface area contributed by atoms with E-state index in [0.717, 1.165) is 25.0 Å². The summed E-state index contributed by atoms with van der Waals surface area (Å²) in [5.74, 6) is 1.43. The topological polar surface area (TPSA) is 64.3 Å². The number of nitrogens with one attached hydrogen (secondary N) is 1. The lowest BCUT2D eigenvalue weighted by Crippen LogP contribution is -2.37. The van der Waals surface area contributed by atoms with Crippen molar-refractivity contribution in [2.75, 3.05) is 19.7 Å². The lowest BCUT2D eigenvalue weighted by molar-refractivity contribution is -0.126. The molecule has 0 unspecified atom stereocenters. The summed E-state index contributed by atoms with van der Waals surface area (Å²) >= 11 is 0. The molecule has 1 fully saturated rings. The van der Waals surface area contributed by atoms with Crippen LogP contribution in [0.4, 0.5) is 0 Å². The number of carbonyl (C=O) groups excluding carboxylic acids is 1. The first kappa shape index (κ1) is 17.8. The van der Waals surface area contributed by atoms with Crippen molar-refractivity contribution in [3.8, 4) is 5.75 Å². The maximum Gasteiger partial charge on any atom is 0.223 e. The molecule has 21 heavy (non-hydrogen) atoms. The van der Waals surface area contributed by atoms with Crippen molar-refractivity contribution >= 4 is 18.3 Å². The number of hydrogen-bond acceptors (Lipinski definition) is 3. The van der Waals surface area contributed by atoms with Gasteiger partial charge in [-0.05, 0) is 49.9 Å². The Labute approximate surface area is 132 Å². The smallest absolute Gasteiger partial charge is 0.223 e. The van der Waals surface area contributed by atoms with E-state index in [2.05, 4.69) is 5.32 Å². The minimum absolute atomic E-state index is 0. The summed E-state index contributed by atoms with van der Waals surface area (Å²) in [6.45, 7) is 3.68. The average Bonchev–Trinajstić information content (AvgIpc) is 2.92. The summed E-state index contributed by atoms with van der Waals surface area (Å²) in [5.41, 5.74) is 6.87. The Morgan fingerprint density at radius 2 is 2.24 bits per heavy atom. The Morgan fingerprint density at radius 3 is 2.95 bits per heavy atom. The molecule has 2 rings (SSSR count). The van der Waals surface area contributed by atoms with Gasteiger partial charge < -0.3 is 15.8 Å². The number of ether oxygens (including phenoxy) is 1. The van der Waals surface area contributed by atoms with E-state index in [0.29, 0.717) is 25.6 Å². The van der Waals surface area contributed by atoms with Gasteiger partial charge in [-0.1, -0.05) is 18.6 Å². The van der Waals surface area contributed by atoms with Crippen molar-refractivity contribution in [2.45, 2.75) is 26.2 Å². The highest BCUT2D eigenvalue weighted by Gasteiger charge is 2.31. The number of rotatable bonds is 6. The van der Waals surface area contributed by atoms with Gasteiger partial charge in [-0.3, -0.25) is 4.79 Å². The molecule has 1 aliphatic carbocycles. The van der Waals surface area contributed by atoms with Crippen LogP contribution in [0, 0.1) is 18.8 Å². The predicted octanol–water partition coefficient (Wildman–Crippen LogP) is 2.29. The van der Waals surface area contributed by atoms with Crippen molar-refractivity contribution in [1.82, 2.24) is 5.32 Å². The van der Waals surface area contributed by atoms with Crippen molar-refractivity contribution in [2.24, 2.45) is 17.6 Å². The van der Waals surface area contributed by atoms with Gasteiger partial charge in [0.1, 0.15) is 12.4 Å². The van der Waals surface area contributed by atoms with Gasteiger partial charge >= 0.3 is 0 Å². The van der Waals surface area contributed by atoms with Gasteiger partial charge in [-0.2, -0.15) is 0 Å². The molecule has 1 aromatic rings. The first-order valence-electron chi connectivity index (χ1n) is 7.38.